The Balaban J connectivity index is 2.70. The maximum absolute atomic E-state index is 12.8. The molecule has 22 heavy (non-hydrogen) atoms. The normalized spacial score (nSPS) is 12.5. The van der Waals surface area contributed by atoms with E-state index in [0.29, 0.717) is 10.1 Å². The molecule has 0 aliphatic rings. The van der Waals surface area contributed by atoms with Gasteiger partial charge in [-0.15, -0.1) is 11.3 Å². The average molecular weight is 342 g/mol. The number of thiophene rings is 1. The topological polar surface area (TPSA) is 98.5 Å². The van der Waals surface area contributed by atoms with E-state index in [1.807, 2.05) is 0 Å². The van der Waals surface area contributed by atoms with Crippen molar-refractivity contribution in [3.8, 4) is 0 Å². The van der Waals surface area contributed by atoms with E-state index in [2.05, 4.69) is 4.72 Å². The number of fused-ring (bicyclic) bond motifs is 1. The predicted octanol–water partition coefficient (Wildman–Crippen LogP) is 1.70. The van der Waals surface area contributed by atoms with Crippen molar-refractivity contribution in [3.05, 3.63) is 29.1 Å². The number of rotatable bonds is 5. The fraction of sp³-hybridized carbons (Fsp3) is 0.357. The first-order valence-electron chi connectivity index (χ1n) is 6.56. The van der Waals surface area contributed by atoms with Gasteiger partial charge in [-0.05, 0) is 19.9 Å². The van der Waals surface area contributed by atoms with Gasteiger partial charge in [0.2, 0.25) is 10.0 Å². The molecule has 0 spiro atoms. The predicted molar refractivity (Wildman–Crippen MR) is 86.6 cm³/mol. The number of sulfonamides is 1. The summed E-state index contributed by atoms with van der Waals surface area (Å²) in [5, 5.41) is 0.494. The van der Waals surface area contributed by atoms with Crippen molar-refractivity contribution in [1.82, 2.24) is 4.72 Å². The second-order valence-electron chi connectivity index (χ2n) is 5.44. The zero-order valence-corrected chi connectivity index (χ0v) is 14.2. The molecule has 0 radical (unpaired) electrons. The van der Waals surface area contributed by atoms with Crippen LogP contribution < -0.4 is 10.5 Å². The minimum absolute atomic E-state index is 0.0542. The lowest BCUT2D eigenvalue weighted by molar-refractivity contribution is 0.0602. The molecule has 1 aromatic heterocycles. The summed E-state index contributed by atoms with van der Waals surface area (Å²) in [7, 11) is -2.70. The number of carbonyl (C=O) groups excluding carboxylic acids is 1. The van der Waals surface area contributed by atoms with E-state index in [4.69, 9.17) is 10.5 Å². The van der Waals surface area contributed by atoms with E-state index in [1.165, 1.54) is 7.11 Å². The first-order chi connectivity index (χ1) is 10.2. The summed E-state index contributed by atoms with van der Waals surface area (Å²) in [5.74, 6) is -0.674. The zero-order valence-electron chi connectivity index (χ0n) is 12.5. The van der Waals surface area contributed by atoms with Crippen LogP contribution in [-0.4, -0.2) is 33.6 Å². The van der Waals surface area contributed by atoms with Gasteiger partial charge in [0.1, 0.15) is 9.77 Å². The largest absolute Gasteiger partial charge is 0.465 e. The first-order valence-corrected chi connectivity index (χ1v) is 8.86. The molecule has 1 aromatic carbocycles. The van der Waals surface area contributed by atoms with E-state index in [0.717, 1.165) is 11.3 Å². The van der Waals surface area contributed by atoms with Gasteiger partial charge in [-0.1, -0.05) is 18.2 Å². The summed E-state index contributed by atoms with van der Waals surface area (Å²) in [6.07, 6.45) is 0. The van der Waals surface area contributed by atoms with Gasteiger partial charge in [-0.2, -0.15) is 0 Å². The van der Waals surface area contributed by atoms with Gasteiger partial charge < -0.3 is 10.5 Å². The fourth-order valence-electron chi connectivity index (χ4n) is 1.97. The Morgan fingerprint density at radius 2 is 2.00 bits per heavy atom. The summed E-state index contributed by atoms with van der Waals surface area (Å²) in [5.41, 5.74) is 4.76. The number of nitrogens with one attached hydrogen (secondary N) is 1. The second kappa shape index (κ2) is 5.96. The highest BCUT2D eigenvalue weighted by atomic mass is 32.2. The van der Waals surface area contributed by atoms with E-state index < -0.39 is 21.5 Å². The number of nitrogens with two attached hydrogens (primary N) is 1. The molecule has 0 aliphatic carbocycles. The van der Waals surface area contributed by atoms with E-state index in [9.17, 15) is 13.2 Å². The van der Waals surface area contributed by atoms with Crippen molar-refractivity contribution in [2.24, 2.45) is 5.73 Å². The Hall–Kier alpha value is -1.48. The molecule has 3 N–H and O–H groups in total. The lowest BCUT2D eigenvalue weighted by Gasteiger charge is -2.24. The lowest BCUT2D eigenvalue weighted by atomic mass is 10.1. The van der Waals surface area contributed by atoms with Gasteiger partial charge in [0.15, 0.2) is 0 Å². The second-order valence-corrected chi connectivity index (χ2v) is 8.11. The fourth-order valence-corrected chi connectivity index (χ4v) is 5.21. The molecule has 2 rings (SSSR count). The highest BCUT2D eigenvalue weighted by molar-refractivity contribution is 7.90. The number of ether oxygens (including phenoxy) is 1. The summed E-state index contributed by atoms with van der Waals surface area (Å²) in [6.45, 7) is 3.48. The molecule has 0 bridgehead atoms. The molecule has 0 saturated heterocycles. The summed E-state index contributed by atoms with van der Waals surface area (Å²) >= 11 is 1.09. The van der Waals surface area contributed by atoms with Crippen LogP contribution >= 0.6 is 11.3 Å². The van der Waals surface area contributed by atoms with Crippen LogP contribution in [-0.2, 0) is 14.8 Å². The number of esters is 1. The molecule has 0 aliphatic heterocycles. The minimum atomic E-state index is -3.92. The number of methoxy groups -OCH3 is 1. The Kier molecular flexibility index (Phi) is 4.57. The van der Waals surface area contributed by atoms with Crippen LogP contribution in [0.4, 0.5) is 0 Å². The summed E-state index contributed by atoms with van der Waals surface area (Å²) < 4.78 is 33.5. The van der Waals surface area contributed by atoms with Crippen molar-refractivity contribution >= 4 is 37.4 Å². The molecule has 120 valence electrons. The number of carbonyl (C=O) groups is 1. The molecule has 1 heterocycles. The molecular weight excluding hydrogens is 324 g/mol. The number of hydrogen-bond donors (Lipinski definition) is 2. The molecule has 6 nitrogen and oxygen atoms in total. The Labute approximate surface area is 133 Å². The number of benzene rings is 1. The Bertz CT molecular complexity index is 809. The van der Waals surface area contributed by atoms with Crippen molar-refractivity contribution < 1.29 is 17.9 Å². The highest BCUT2D eigenvalue weighted by Crippen LogP contribution is 2.35. The van der Waals surface area contributed by atoms with Gasteiger partial charge in [-0.3, -0.25) is 0 Å². The summed E-state index contributed by atoms with van der Waals surface area (Å²) in [4.78, 5) is 12.0. The third-order valence-corrected chi connectivity index (χ3v) is 6.17. The molecule has 0 amide bonds. The Morgan fingerprint density at radius 1 is 1.36 bits per heavy atom. The van der Waals surface area contributed by atoms with Crippen LogP contribution in [0.5, 0.6) is 0 Å². The van der Waals surface area contributed by atoms with Gasteiger partial charge in [0.25, 0.3) is 0 Å². The van der Waals surface area contributed by atoms with Gasteiger partial charge in [0, 0.05) is 22.2 Å². The molecule has 0 fully saturated rings. The van der Waals surface area contributed by atoms with Gasteiger partial charge >= 0.3 is 5.97 Å². The maximum atomic E-state index is 12.8. The van der Waals surface area contributed by atoms with Crippen molar-refractivity contribution in [2.45, 2.75) is 24.3 Å². The van der Waals surface area contributed by atoms with Crippen molar-refractivity contribution in [1.29, 1.82) is 0 Å². The SMILES string of the molecule is COC(=O)c1sc2ccccc2c1S(=O)(=O)NC(C)(C)CN. The minimum Gasteiger partial charge on any atom is -0.465 e. The van der Waals surface area contributed by atoms with Crippen molar-refractivity contribution in [3.63, 3.8) is 0 Å². The van der Waals surface area contributed by atoms with Crippen LogP contribution in [0.15, 0.2) is 29.2 Å². The van der Waals surface area contributed by atoms with Crippen LogP contribution in [0.2, 0.25) is 0 Å². The lowest BCUT2D eigenvalue weighted by Crippen LogP contribution is -2.48. The third kappa shape index (κ3) is 3.14. The summed E-state index contributed by atoms with van der Waals surface area (Å²) in [6, 6.07) is 6.94. The molecule has 0 saturated carbocycles. The van der Waals surface area contributed by atoms with E-state index >= 15 is 0 Å². The van der Waals surface area contributed by atoms with E-state index in [1.54, 1.807) is 38.1 Å². The van der Waals surface area contributed by atoms with Crippen LogP contribution in [0.1, 0.15) is 23.5 Å². The third-order valence-electron chi connectivity index (χ3n) is 3.11. The van der Waals surface area contributed by atoms with E-state index in [-0.39, 0.29) is 16.3 Å². The first kappa shape index (κ1) is 16.9. The van der Waals surface area contributed by atoms with Crippen LogP contribution in [0.25, 0.3) is 10.1 Å². The van der Waals surface area contributed by atoms with Crippen molar-refractivity contribution in [2.75, 3.05) is 13.7 Å². The average Bonchev–Trinajstić information content (AvgIpc) is 2.85. The molecule has 0 atom stereocenters. The maximum Gasteiger partial charge on any atom is 0.349 e. The van der Waals surface area contributed by atoms with Gasteiger partial charge in [0.05, 0.1) is 7.11 Å². The molecule has 2 aromatic rings. The monoisotopic (exact) mass is 342 g/mol. The standard InChI is InChI=1S/C14H18N2O4S2/c1-14(2,8-15)16-22(18,19)12-9-6-4-5-7-10(9)21-11(12)13(17)20-3/h4-7,16H,8,15H2,1-3H3. The van der Waals surface area contributed by atoms with Crippen LogP contribution in [0.3, 0.4) is 0 Å². The molecule has 8 heteroatoms. The highest BCUT2D eigenvalue weighted by Gasteiger charge is 2.32. The number of hydrogen-bond acceptors (Lipinski definition) is 6. The Morgan fingerprint density at radius 3 is 2.59 bits per heavy atom. The smallest absolute Gasteiger partial charge is 0.349 e. The molecule has 0 unspecified atom stereocenters. The zero-order chi connectivity index (χ0) is 16.5. The van der Waals surface area contributed by atoms with Crippen LogP contribution in [0, 0.1) is 0 Å². The molecular formula is C14H18N2O4S2. The quantitative estimate of drug-likeness (QED) is 0.806. The van der Waals surface area contributed by atoms with Gasteiger partial charge in [-0.25, -0.2) is 17.9 Å².